The monoisotopic (exact) mass is 327 g/mol. The SMILES string of the molecule is CSCC(=O)N1CCC[C@@](CO)(Cc2cccc(Cl)c2)C1. The fourth-order valence-corrected chi connectivity index (χ4v) is 3.69. The van der Waals surface area contributed by atoms with Crippen molar-refractivity contribution in [3.05, 3.63) is 34.9 Å². The van der Waals surface area contributed by atoms with Crippen molar-refractivity contribution in [1.29, 1.82) is 0 Å². The summed E-state index contributed by atoms with van der Waals surface area (Å²) >= 11 is 7.59. The Bertz CT molecular complexity index is 497. The van der Waals surface area contributed by atoms with E-state index < -0.39 is 0 Å². The molecule has 116 valence electrons. The molecular weight excluding hydrogens is 306 g/mol. The van der Waals surface area contributed by atoms with Crippen LogP contribution in [0.15, 0.2) is 24.3 Å². The molecule has 0 unspecified atom stereocenters. The number of halogens is 1. The molecule has 0 aliphatic carbocycles. The number of nitrogens with zero attached hydrogens (tertiary/aromatic N) is 1. The van der Waals surface area contributed by atoms with Gasteiger partial charge in [-0.3, -0.25) is 4.79 Å². The van der Waals surface area contributed by atoms with Crippen molar-refractivity contribution in [2.45, 2.75) is 19.3 Å². The summed E-state index contributed by atoms with van der Waals surface area (Å²) in [6, 6.07) is 7.77. The van der Waals surface area contributed by atoms with Crippen LogP contribution < -0.4 is 0 Å². The minimum absolute atomic E-state index is 0.0998. The zero-order valence-corrected chi connectivity index (χ0v) is 13.9. The molecule has 0 spiro atoms. The van der Waals surface area contributed by atoms with Gasteiger partial charge in [0.1, 0.15) is 0 Å². The van der Waals surface area contributed by atoms with Crippen LogP contribution in [0.4, 0.5) is 0 Å². The van der Waals surface area contributed by atoms with Crippen LogP contribution in [0.25, 0.3) is 0 Å². The number of benzene rings is 1. The van der Waals surface area contributed by atoms with E-state index in [-0.39, 0.29) is 17.9 Å². The molecule has 0 radical (unpaired) electrons. The molecule has 0 saturated carbocycles. The van der Waals surface area contributed by atoms with Crippen molar-refractivity contribution in [2.24, 2.45) is 5.41 Å². The van der Waals surface area contributed by atoms with E-state index in [2.05, 4.69) is 0 Å². The van der Waals surface area contributed by atoms with Crippen LogP contribution in [-0.4, -0.2) is 47.6 Å². The van der Waals surface area contributed by atoms with Crippen molar-refractivity contribution in [3.8, 4) is 0 Å². The number of carbonyl (C=O) groups is 1. The molecule has 1 aromatic carbocycles. The van der Waals surface area contributed by atoms with Crippen molar-refractivity contribution in [2.75, 3.05) is 31.7 Å². The van der Waals surface area contributed by atoms with Crippen LogP contribution in [0.2, 0.25) is 5.02 Å². The first-order chi connectivity index (χ1) is 10.1. The summed E-state index contributed by atoms with van der Waals surface area (Å²) in [4.78, 5) is 14.0. The summed E-state index contributed by atoms with van der Waals surface area (Å²) in [5.74, 6) is 0.685. The third-order valence-corrected chi connectivity index (χ3v) is 4.86. The lowest BCUT2D eigenvalue weighted by atomic mass is 9.75. The first-order valence-corrected chi connectivity index (χ1v) is 8.98. The molecule has 1 aliphatic rings. The molecule has 1 saturated heterocycles. The fourth-order valence-electron chi connectivity index (χ4n) is 3.04. The highest BCUT2D eigenvalue weighted by atomic mass is 35.5. The molecule has 1 fully saturated rings. The Kier molecular flexibility index (Phi) is 5.97. The molecule has 0 bridgehead atoms. The molecule has 1 N–H and O–H groups in total. The van der Waals surface area contributed by atoms with Crippen molar-refractivity contribution in [1.82, 2.24) is 4.90 Å². The summed E-state index contributed by atoms with van der Waals surface area (Å²) < 4.78 is 0. The normalized spacial score (nSPS) is 22.3. The van der Waals surface area contributed by atoms with Gasteiger partial charge in [0.15, 0.2) is 0 Å². The zero-order chi connectivity index (χ0) is 15.3. The maximum atomic E-state index is 12.1. The Balaban J connectivity index is 2.11. The van der Waals surface area contributed by atoms with E-state index in [0.29, 0.717) is 17.3 Å². The fraction of sp³-hybridized carbons (Fsp3) is 0.562. The molecule has 0 aromatic heterocycles. The number of carbonyl (C=O) groups excluding carboxylic acids is 1. The Hall–Kier alpha value is -0.710. The lowest BCUT2D eigenvalue weighted by Crippen LogP contribution is -2.49. The van der Waals surface area contributed by atoms with Crippen LogP contribution in [0.3, 0.4) is 0 Å². The predicted octanol–water partition coefficient (Wildman–Crippen LogP) is 2.85. The molecule has 21 heavy (non-hydrogen) atoms. The van der Waals surface area contributed by atoms with Gasteiger partial charge in [-0.05, 0) is 43.2 Å². The summed E-state index contributed by atoms with van der Waals surface area (Å²) in [6.45, 7) is 1.54. The average Bonchev–Trinajstić information content (AvgIpc) is 2.48. The molecule has 1 aliphatic heterocycles. The lowest BCUT2D eigenvalue weighted by molar-refractivity contribution is -0.132. The van der Waals surface area contributed by atoms with Crippen LogP contribution in [0, 0.1) is 5.41 Å². The van der Waals surface area contributed by atoms with E-state index in [9.17, 15) is 9.90 Å². The van der Waals surface area contributed by atoms with Gasteiger partial charge in [-0.2, -0.15) is 11.8 Å². The molecule has 5 heteroatoms. The van der Waals surface area contributed by atoms with E-state index in [1.165, 1.54) is 0 Å². The Morgan fingerprint density at radius 1 is 1.52 bits per heavy atom. The third kappa shape index (κ3) is 4.38. The first-order valence-electron chi connectivity index (χ1n) is 7.21. The average molecular weight is 328 g/mol. The smallest absolute Gasteiger partial charge is 0.232 e. The topological polar surface area (TPSA) is 40.5 Å². The standard InChI is InChI=1S/C16H22ClNO2S/c1-21-10-15(20)18-7-3-6-16(11-18,12-19)9-13-4-2-5-14(17)8-13/h2,4-5,8,19H,3,6-7,9-12H2,1H3/t16-/m1/s1. The first kappa shape index (κ1) is 16.7. The maximum absolute atomic E-state index is 12.1. The summed E-state index contributed by atoms with van der Waals surface area (Å²) in [7, 11) is 0. The van der Waals surface area contributed by atoms with Gasteiger partial charge in [-0.25, -0.2) is 0 Å². The molecule has 1 heterocycles. The van der Waals surface area contributed by atoms with Crippen molar-refractivity contribution < 1.29 is 9.90 Å². The number of amides is 1. The van der Waals surface area contributed by atoms with E-state index >= 15 is 0 Å². The number of likely N-dealkylation sites (tertiary alicyclic amines) is 1. The summed E-state index contributed by atoms with van der Waals surface area (Å²) in [6.07, 6.45) is 4.58. The molecule has 1 aromatic rings. The summed E-state index contributed by atoms with van der Waals surface area (Å²) in [5, 5.41) is 10.6. The van der Waals surface area contributed by atoms with Gasteiger partial charge in [-0.15, -0.1) is 0 Å². The second-order valence-corrected chi connectivity index (χ2v) is 7.12. The molecule has 1 atom stereocenters. The Morgan fingerprint density at radius 2 is 2.33 bits per heavy atom. The number of hydrogen-bond donors (Lipinski definition) is 1. The van der Waals surface area contributed by atoms with Gasteiger partial charge >= 0.3 is 0 Å². The predicted molar refractivity (Wildman–Crippen MR) is 88.9 cm³/mol. The highest BCUT2D eigenvalue weighted by Crippen LogP contribution is 2.34. The zero-order valence-electron chi connectivity index (χ0n) is 12.3. The van der Waals surface area contributed by atoms with Crippen LogP contribution in [0.1, 0.15) is 18.4 Å². The van der Waals surface area contributed by atoms with Crippen LogP contribution >= 0.6 is 23.4 Å². The van der Waals surface area contributed by atoms with Gasteiger partial charge in [-0.1, -0.05) is 23.7 Å². The van der Waals surface area contributed by atoms with Gasteiger partial charge in [0, 0.05) is 23.5 Å². The number of piperidine rings is 1. The minimum atomic E-state index is -0.239. The van der Waals surface area contributed by atoms with E-state index in [1.54, 1.807) is 11.8 Å². The largest absolute Gasteiger partial charge is 0.396 e. The Morgan fingerprint density at radius 3 is 3.00 bits per heavy atom. The number of aliphatic hydroxyl groups excluding tert-OH is 1. The van der Waals surface area contributed by atoms with Crippen LogP contribution in [-0.2, 0) is 11.2 Å². The quantitative estimate of drug-likeness (QED) is 0.904. The third-order valence-electron chi connectivity index (χ3n) is 4.09. The van der Waals surface area contributed by atoms with Gasteiger partial charge in [0.05, 0.1) is 12.4 Å². The van der Waals surface area contributed by atoms with Crippen molar-refractivity contribution >= 4 is 29.3 Å². The molecule has 3 nitrogen and oxygen atoms in total. The Labute approximate surface area is 135 Å². The van der Waals surface area contributed by atoms with E-state index in [4.69, 9.17) is 11.6 Å². The van der Waals surface area contributed by atoms with Crippen molar-refractivity contribution in [3.63, 3.8) is 0 Å². The maximum Gasteiger partial charge on any atom is 0.232 e. The van der Waals surface area contributed by atoms with Crippen LogP contribution in [0.5, 0.6) is 0 Å². The summed E-state index contributed by atoms with van der Waals surface area (Å²) in [5.41, 5.74) is 0.882. The van der Waals surface area contributed by atoms with Gasteiger partial charge in [0.2, 0.25) is 5.91 Å². The number of aliphatic hydroxyl groups is 1. The molecular formula is C16H22ClNO2S. The molecule has 2 rings (SSSR count). The number of hydrogen-bond acceptors (Lipinski definition) is 3. The van der Waals surface area contributed by atoms with Gasteiger partial charge in [0.25, 0.3) is 0 Å². The lowest BCUT2D eigenvalue weighted by Gasteiger charge is -2.42. The van der Waals surface area contributed by atoms with E-state index in [0.717, 1.165) is 31.4 Å². The second-order valence-electron chi connectivity index (χ2n) is 5.82. The number of thioether (sulfide) groups is 1. The van der Waals surface area contributed by atoms with E-state index in [1.807, 2.05) is 35.4 Å². The number of rotatable bonds is 5. The second kappa shape index (κ2) is 7.52. The highest BCUT2D eigenvalue weighted by Gasteiger charge is 2.36. The highest BCUT2D eigenvalue weighted by molar-refractivity contribution is 7.99. The molecule has 1 amide bonds. The van der Waals surface area contributed by atoms with Gasteiger partial charge < -0.3 is 10.0 Å². The minimum Gasteiger partial charge on any atom is -0.396 e.